The second-order valence-electron chi connectivity index (χ2n) is 3.97. The van der Waals surface area contributed by atoms with E-state index in [4.69, 9.17) is 5.73 Å². The SMILES string of the molecule is CCCCC1CCS(=O)(=O)CC1N. The van der Waals surface area contributed by atoms with Gasteiger partial charge in [-0.15, -0.1) is 0 Å². The Morgan fingerprint density at radius 2 is 2.15 bits per heavy atom. The molecule has 1 aliphatic rings. The Hall–Kier alpha value is -0.0900. The van der Waals surface area contributed by atoms with Crippen LogP contribution in [0.5, 0.6) is 0 Å². The smallest absolute Gasteiger partial charge is 0.151 e. The zero-order chi connectivity index (χ0) is 9.90. The Morgan fingerprint density at radius 3 is 2.69 bits per heavy atom. The molecule has 0 spiro atoms. The van der Waals surface area contributed by atoms with Gasteiger partial charge in [-0.05, 0) is 18.8 Å². The van der Waals surface area contributed by atoms with E-state index in [-0.39, 0.29) is 11.8 Å². The molecule has 0 amide bonds. The number of nitrogens with two attached hydrogens (primary N) is 1. The van der Waals surface area contributed by atoms with Gasteiger partial charge in [0, 0.05) is 6.04 Å². The number of hydrogen-bond donors (Lipinski definition) is 1. The third kappa shape index (κ3) is 3.27. The first kappa shape index (κ1) is 11.0. The molecule has 0 aromatic heterocycles. The second kappa shape index (κ2) is 4.42. The van der Waals surface area contributed by atoms with Gasteiger partial charge in [0.25, 0.3) is 0 Å². The summed E-state index contributed by atoms with van der Waals surface area (Å²) in [5.41, 5.74) is 5.82. The molecule has 1 rings (SSSR count). The highest BCUT2D eigenvalue weighted by Gasteiger charge is 2.29. The van der Waals surface area contributed by atoms with Crippen molar-refractivity contribution in [3.05, 3.63) is 0 Å². The van der Waals surface area contributed by atoms with Crippen molar-refractivity contribution in [1.82, 2.24) is 0 Å². The Balaban J connectivity index is 2.44. The van der Waals surface area contributed by atoms with Crippen molar-refractivity contribution in [2.75, 3.05) is 11.5 Å². The van der Waals surface area contributed by atoms with E-state index in [1.165, 1.54) is 6.42 Å². The van der Waals surface area contributed by atoms with Crippen LogP contribution in [0.2, 0.25) is 0 Å². The molecular weight excluding hydrogens is 186 g/mol. The molecular formula is C9H19NO2S. The first-order valence-electron chi connectivity index (χ1n) is 5.01. The Kier molecular flexibility index (Phi) is 3.74. The van der Waals surface area contributed by atoms with Crippen LogP contribution in [0.15, 0.2) is 0 Å². The summed E-state index contributed by atoms with van der Waals surface area (Å²) in [6.07, 6.45) is 4.19. The van der Waals surface area contributed by atoms with Crippen LogP contribution in [0, 0.1) is 5.92 Å². The highest BCUT2D eigenvalue weighted by molar-refractivity contribution is 7.91. The van der Waals surface area contributed by atoms with E-state index in [2.05, 4.69) is 6.92 Å². The fourth-order valence-corrected chi connectivity index (χ4v) is 3.57. The molecule has 4 heteroatoms. The van der Waals surface area contributed by atoms with E-state index in [0.29, 0.717) is 11.7 Å². The van der Waals surface area contributed by atoms with Crippen molar-refractivity contribution in [2.45, 2.75) is 38.6 Å². The van der Waals surface area contributed by atoms with E-state index < -0.39 is 9.84 Å². The van der Waals surface area contributed by atoms with Crippen LogP contribution in [0.25, 0.3) is 0 Å². The third-order valence-electron chi connectivity index (χ3n) is 2.78. The predicted molar refractivity (Wildman–Crippen MR) is 54.3 cm³/mol. The van der Waals surface area contributed by atoms with Crippen molar-refractivity contribution < 1.29 is 8.42 Å². The average Bonchev–Trinajstić information content (AvgIpc) is 2.02. The summed E-state index contributed by atoms with van der Waals surface area (Å²) in [5, 5.41) is 0. The van der Waals surface area contributed by atoms with Crippen molar-refractivity contribution in [2.24, 2.45) is 11.7 Å². The highest BCUT2D eigenvalue weighted by atomic mass is 32.2. The maximum absolute atomic E-state index is 11.2. The molecule has 0 radical (unpaired) electrons. The Morgan fingerprint density at radius 1 is 1.46 bits per heavy atom. The number of hydrogen-bond acceptors (Lipinski definition) is 3. The monoisotopic (exact) mass is 205 g/mol. The van der Waals surface area contributed by atoms with Crippen LogP contribution in [-0.2, 0) is 9.84 Å². The molecule has 2 atom stereocenters. The Labute approximate surface area is 80.6 Å². The fraction of sp³-hybridized carbons (Fsp3) is 1.00. The minimum Gasteiger partial charge on any atom is -0.327 e. The summed E-state index contributed by atoms with van der Waals surface area (Å²) < 4.78 is 22.4. The lowest BCUT2D eigenvalue weighted by Crippen LogP contribution is -2.42. The van der Waals surface area contributed by atoms with E-state index in [1.54, 1.807) is 0 Å². The van der Waals surface area contributed by atoms with Gasteiger partial charge >= 0.3 is 0 Å². The molecule has 0 aliphatic carbocycles. The molecule has 0 aromatic carbocycles. The molecule has 2 N–H and O–H groups in total. The molecule has 0 bridgehead atoms. The zero-order valence-electron chi connectivity index (χ0n) is 8.20. The molecule has 1 heterocycles. The van der Waals surface area contributed by atoms with Gasteiger partial charge in [0.05, 0.1) is 11.5 Å². The van der Waals surface area contributed by atoms with Gasteiger partial charge in [-0.25, -0.2) is 8.42 Å². The minimum absolute atomic E-state index is 0.120. The van der Waals surface area contributed by atoms with E-state index in [0.717, 1.165) is 19.3 Å². The van der Waals surface area contributed by atoms with Gasteiger partial charge < -0.3 is 5.73 Å². The van der Waals surface area contributed by atoms with Crippen LogP contribution in [-0.4, -0.2) is 26.0 Å². The van der Waals surface area contributed by atoms with Gasteiger partial charge in [-0.3, -0.25) is 0 Å². The first-order chi connectivity index (χ1) is 6.05. The molecule has 13 heavy (non-hydrogen) atoms. The largest absolute Gasteiger partial charge is 0.327 e. The predicted octanol–water partition coefficient (Wildman–Crippen LogP) is 0.939. The summed E-state index contributed by atoms with van der Waals surface area (Å²) in [5.74, 6) is 0.972. The van der Waals surface area contributed by atoms with Crippen molar-refractivity contribution in [3.63, 3.8) is 0 Å². The topological polar surface area (TPSA) is 60.2 Å². The molecule has 78 valence electrons. The zero-order valence-corrected chi connectivity index (χ0v) is 9.02. The van der Waals surface area contributed by atoms with Crippen LogP contribution in [0.4, 0.5) is 0 Å². The average molecular weight is 205 g/mol. The van der Waals surface area contributed by atoms with Gasteiger partial charge in [-0.2, -0.15) is 0 Å². The summed E-state index contributed by atoms with van der Waals surface area (Å²) in [6, 6.07) is -0.120. The van der Waals surface area contributed by atoms with E-state index >= 15 is 0 Å². The molecule has 1 aliphatic heterocycles. The van der Waals surface area contributed by atoms with Gasteiger partial charge in [0.2, 0.25) is 0 Å². The maximum Gasteiger partial charge on any atom is 0.151 e. The molecule has 0 saturated carbocycles. The third-order valence-corrected chi connectivity index (χ3v) is 4.53. The van der Waals surface area contributed by atoms with Gasteiger partial charge in [0.1, 0.15) is 0 Å². The fourth-order valence-electron chi connectivity index (χ4n) is 1.88. The molecule has 1 saturated heterocycles. The summed E-state index contributed by atoms with van der Waals surface area (Å²) in [6.45, 7) is 2.14. The lowest BCUT2D eigenvalue weighted by molar-refractivity contribution is 0.375. The number of rotatable bonds is 3. The highest BCUT2D eigenvalue weighted by Crippen LogP contribution is 2.22. The molecule has 2 unspecified atom stereocenters. The molecule has 3 nitrogen and oxygen atoms in total. The van der Waals surface area contributed by atoms with Crippen molar-refractivity contribution in [1.29, 1.82) is 0 Å². The summed E-state index contributed by atoms with van der Waals surface area (Å²) in [4.78, 5) is 0. The van der Waals surface area contributed by atoms with Crippen molar-refractivity contribution in [3.8, 4) is 0 Å². The minimum atomic E-state index is -2.81. The van der Waals surface area contributed by atoms with Crippen LogP contribution in [0.3, 0.4) is 0 Å². The van der Waals surface area contributed by atoms with Crippen LogP contribution < -0.4 is 5.73 Å². The summed E-state index contributed by atoms with van der Waals surface area (Å²) >= 11 is 0. The quantitative estimate of drug-likeness (QED) is 0.746. The lowest BCUT2D eigenvalue weighted by Gasteiger charge is -2.28. The first-order valence-corrected chi connectivity index (χ1v) is 6.83. The number of sulfone groups is 1. The Bertz CT molecular complexity index is 248. The standard InChI is InChI=1S/C9H19NO2S/c1-2-3-4-8-5-6-13(11,12)7-9(8)10/h8-9H,2-7,10H2,1H3. The maximum atomic E-state index is 11.2. The normalized spacial score (nSPS) is 33.1. The second-order valence-corrected chi connectivity index (χ2v) is 6.20. The van der Waals surface area contributed by atoms with Crippen molar-refractivity contribution >= 4 is 9.84 Å². The molecule has 1 fully saturated rings. The van der Waals surface area contributed by atoms with E-state index in [1.807, 2.05) is 0 Å². The molecule has 0 aromatic rings. The van der Waals surface area contributed by atoms with Crippen LogP contribution in [0.1, 0.15) is 32.6 Å². The number of unbranched alkanes of at least 4 members (excludes halogenated alkanes) is 1. The van der Waals surface area contributed by atoms with Gasteiger partial charge in [0.15, 0.2) is 9.84 Å². The lowest BCUT2D eigenvalue weighted by atomic mass is 9.92. The van der Waals surface area contributed by atoms with E-state index in [9.17, 15) is 8.42 Å². The van der Waals surface area contributed by atoms with Gasteiger partial charge in [-0.1, -0.05) is 19.8 Å². The summed E-state index contributed by atoms with van der Waals surface area (Å²) in [7, 11) is -2.81. The van der Waals surface area contributed by atoms with Crippen LogP contribution >= 0.6 is 0 Å².